The van der Waals surface area contributed by atoms with Gasteiger partial charge in [0.25, 0.3) is 0 Å². The zero-order valence-corrected chi connectivity index (χ0v) is 15.9. The van der Waals surface area contributed by atoms with Crippen LogP contribution in [0.2, 0.25) is 0 Å². The highest BCUT2D eigenvalue weighted by Crippen LogP contribution is 2.27. The maximum absolute atomic E-state index is 12.4. The molecule has 1 aliphatic rings. The lowest BCUT2D eigenvalue weighted by Crippen LogP contribution is -2.26. The highest BCUT2D eigenvalue weighted by molar-refractivity contribution is 7.89. The first-order valence-electron chi connectivity index (χ1n) is 8.57. The van der Waals surface area contributed by atoms with Crippen molar-refractivity contribution in [2.24, 2.45) is 0 Å². The Kier molecular flexibility index (Phi) is 7.83. The van der Waals surface area contributed by atoms with Crippen molar-refractivity contribution in [3.63, 3.8) is 0 Å². The Bertz CT molecular complexity index is 701. The number of hydrogen-bond donors (Lipinski definition) is 2. The minimum atomic E-state index is -3.68. The van der Waals surface area contributed by atoms with Gasteiger partial charge in [-0.25, -0.2) is 13.1 Å². The third-order valence-electron chi connectivity index (χ3n) is 3.88. The second-order valence-corrected chi connectivity index (χ2v) is 7.77. The van der Waals surface area contributed by atoms with E-state index in [1.54, 1.807) is 0 Å². The zero-order chi connectivity index (χ0) is 19.0. The number of carbonyl (C=O) groups is 1. The Morgan fingerprint density at radius 2 is 2.19 bits per heavy atom. The van der Waals surface area contributed by atoms with E-state index in [0.29, 0.717) is 31.1 Å². The van der Waals surface area contributed by atoms with Crippen molar-refractivity contribution in [2.45, 2.75) is 37.2 Å². The van der Waals surface area contributed by atoms with E-state index >= 15 is 0 Å². The summed E-state index contributed by atoms with van der Waals surface area (Å²) in [4.78, 5) is 11.3. The molecule has 0 aliphatic carbocycles. The SMILES string of the molecule is COc1ccc(S(=O)(=O)NCCCOC[C@H]2CCCO2)cc1NC(C)=O. The number of ether oxygens (including phenoxy) is 3. The average molecular weight is 386 g/mol. The smallest absolute Gasteiger partial charge is 0.240 e. The van der Waals surface area contributed by atoms with E-state index in [2.05, 4.69) is 10.0 Å². The number of amides is 1. The van der Waals surface area contributed by atoms with Crippen molar-refractivity contribution in [2.75, 3.05) is 38.8 Å². The van der Waals surface area contributed by atoms with E-state index in [0.717, 1.165) is 19.4 Å². The minimum absolute atomic E-state index is 0.0577. The first kappa shape index (κ1) is 20.6. The highest BCUT2D eigenvalue weighted by atomic mass is 32.2. The molecule has 9 heteroatoms. The van der Waals surface area contributed by atoms with Crippen molar-refractivity contribution in [3.05, 3.63) is 18.2 Å². The minimum Gasteiger partial charge on any atom is -0.495 e. The molecule has 1 heterocycles. The molecule has 0 spiro atoms. The third kappa shape index (κ3) is 6.24. The molecule has 1 aromatic rings. The summed E-state index contributed by atoms with van der Waals surface area (Å²) in [5.74, 6) is 0.0795. The van der Waals surface area contributed by atoms with Gasteiger partial charge in [0.15, 0.2) is 0 Å². The summed E-state index contributed by atoms with van der Waals surface area (Å²) in [6.07, 6.45) is 2.80. The lowest BCUT2D eigenvalue weighted by molar-refractivity contribution is -0.114. The van der Waals surface area contributed by atoms with Crippen LogP contribution in [0.5, 0.6) is 5.75 Å². The largest absolute Gasteiger partial charge is 0.495 e. The Balaban J connectivity index is 1.83. The molecule has 1 amide bonds. The molecule has 1 aromatic carbocycles. The lowest BCUT2D eigenvalue weighted by atomic mass is 10.2. The van der Waals surface area contributed by atoms with Gasteiger partial charge >= 0.3 is 0 Å². The Morgan fingerprint density at radius 1 is 1.38 bits per heavy atom. The topological polar surface area (TPSA) is 103 Å². The predicted molar refractivity (Wildman–Crippen MR) is 96.9 cm³/mol. The molecular formula is C17H26N2O6S. The summed E-state index contributed by atoms with van der Waals surface area (Å²) in [5.41, 5.74) is 0.308. The summed E-state index contributed by atoms with van der Waals surface area (Å²) >= 11 is 0. The number of rotatable bonds is 10. The maximum atomic E-state index is 12.4. The maximum Gasteiger partial charge on any atom is 0.240 e. The molecule has 146 valence electrons. The molecule has 1 aliphatic heterocycles. The second-order valence-electron chi connectivity index (χ2n) is 6.00. The normalized spacial score (nSPS) is 17.2. The summed E-state index contributed by atoms with van der Waals surface area (Å²) < 4.78 is 43.4. The van der Waals surface area contributed by atoms with Gasteiger partial charge in [0, 0.05) is 26.7 Å². The van der Waals surface area contributed by atoms with E-state index in [4.69, 9.17) is 14.2 Å². The fourth-order valence-corrected chi connectivity index (χ4v) is 3.70. The number of benzene rings is 1. The summed E-state index contributed by atoms with van der Waals surface area (Å²) in [6, 6.07) is 4.31. The van der Waals surface area contributed by atoms with Gasteiger partial charge in [0.1, 0.15) is 5.75 Å². The van der Waals surface area contributed by atoms with Crippen LogP contribution in [0.4, 0.5) is 5.69 Å². The molecule has 1 saturated heterocycles. The van der Waals surface area contributed by atoms with Crippen LogP contribution in [0.15, 0.2) is 23.1 Å². The molecule has 0 radical (unpaired) electrons. The number of nitrogens with one attached hydrogen (secondary N) is 2. The molecule has 0 aromatic heterocycles. The van der Waals surface area contributed by atoms with Crippen LogP contribution in [0.1, 0.15) is 26.2 Å². The molecule has 0 bridgehead atoms. The van der Waals surface area contributed by atoms with Gasteiger partial charge in [0.2, 0.25) is 15.9 Å². The molecule has 1 atom stereocenters. The van der Waals surface area contributed by atoms with E-state index < -0.39 is 10.0 Å². The Labute approximate surface area is 154 Å². The molecule has 2 N–H and O–H groups in total. The van der Waals surface area contributed by atoms with Gasteiger partial charge in [-0.3, -0.25) is 4.79 Å². The van der Waals surface area contributed by atoms with Crippen LogP contribution in [-0.4, -0.2) is 53.9 Å². The number of methoxy groups -OCH3 is 1. The van der Waals surface area contributed by atoms with Gasteiger partial charge in [-0.05, 0) is 37.5 Å². The van der Waals surface area contributed by atoms with Crippen molar-refractivity contribution < 1.29 is 27.4 Å². The fraction of sp³-hybridized carbons (Fsp3) is 0.588. The summed E-state index contributed by atoms with van der Waals surface area (Å²) in [6.45, 7) is 3.40. The molecule has 26 heavy (non-hydrogen) atoms. The van der Waals surface area contributed by atoms with Crippen molar-refractivity contribution in [1.82, 2.24) is 4.72 Å². The average Bonchev–Trinajstić information content (AvgIpc) is 3.10. The molecular weight excluding hydrogens is 360 g/mol. The summed E-state index contributed by atoms with van der Waals surface area (Å²) in [5, 5.41) is 2.56. The fourth-order valence-electron chi connectivity index (χ4n) is 2.60. The molecule has 0 unspecified atom stereocenters. The van der Waals surface area contributed by atoms with Gasteiger partial charge in [-0.15, -0.1) is 0 Å². The van der Waals surface area contributed by atoms with Crippen LogP contribution in [-0.2, 0) is 24.3 Å². The number of sulfonamides is 1. The first-order chi connectivity index (χ1) is 12.4. The van der Waals surface area contributed by atoms with E-state index in [9.17, 15) is 13.2 Å². The lowest BCUT2D eigenvalue weighted by Gasteiger charge is -2.12. The quantitative estimate of drug-likeness (QED) is 0.591. The molecule has 0 saturated carbocycles. The van der Waals surface area contributed by atoms with Crippen LogP contribution in [0.25, 0.3) is 0 Å². The van der Waals surface area contributed by atoms with Crippen molar-refractivity contribution >= 4 is 21.6 Å². The van der Waals surface area contributed by atoms with Gasteiger partial charge in [-0.2, -0.15) is 0 Å². The Hall–Kier alpha value is -1.68. The van der Waals surface area contributed by atoms with Crippen molar-refractivity contribution in [1.29, 1.82) is 0 Å². The van der Waals surface area contributed by atoms with E-state index in [-0.39, 0.29) is 23.5 Å². The molecule has 1 fully saturated rings. The third-order valence-corrected chi connectivity index (χ3v) is 5.34. The molecule has 8 nitrogen and oxygen atoms in total. The summed E-state index contributed by atoms with van der Waals surface area (Å²) in [7, 11) is -2.24. The van der Waals surface area contributed by atoms with Gasteiger partial charge in [0.05, 0.1) is 30.4 Å². The van der Waals surface area contributed by atoms with Crippen LogP contribution in [0, 0.1) is 0 Å². The van der Waals surface area contributed by atoms with Gasteiger partial charge < -0.3 is 19.5 Å². The van der Waals surface area contributed by atoms with E-state index in [1.165, 1.54) is 32.2 Å². The number of carbonyl (C=O) groups excluding carboxylic acids is 1. The standard InChI is InChI=1S/C17H26N2O6S/c1-13(20)19-16-11-15(6-7-17(16)23-2)26(21,22)18-8-4-9-24-12-14-5-3-10-25-14/h6-7,11,14,18H,3-5,8-10,12H2,1-2H3,(H,19,20)/t14-/m1/s1. The van der Waals surface area contributed by atoms with Gasteiger partial charge in [-0.1, -0.05) is 0 Å². The number of anilines is 1. The Morgan fingerprint density at radius 3 is 2.85 bits per heavy atom. The second kappa shape index (κ2) is 9.86. The first-order valence-corrected chi connectivity index (χ1v) is 10.1. The van der Waals surface area contributed by atoms with Crippen LogP contribution >= 0.6 is 0 Å². The van der Waals surface area contributed by atoms with Crippen molar-refractivity contribution in [3.8, 4) is 5.75 Å². The zero-order valence-electron chi connectivity index (χ0n) is 15.1. The van der Waals surface area contributed by atoms with Crippen LogP contribution < -0.4 is 14.8 Å². The highest BCUT2D eigenvalue weighted by Gasteiger charge is 2.17. The number of hydrogen-bond acceptors (Lipinski definition) is 6. The van der Waals surface area contributed by atoms with Crippen LogP contribution in [0.3, 0.4) is 0 Å². The predicted octanol–water partition coefficient (Wildman–Crippen LogP) is 1.52. The molecule has 2 rings (SSSR count). The van der Waals surface area contributed by atoms with E-state index in [1.807, 2.05) is 0 Å². The monoisotopic (exact) mass is 386 g/mol.